The lowest BCUT2D eigenvalue weighted by atomic mass is 9.97. The highest BCUT2D eigenvalue weighted by Gasteiger charge is 2.35. The molecule has 0 saturated heterocycles. The Morgan fingerprint density at radius 1 is 1.06 bits per heavy atom. The Labute approximate surface area is 207 Å². The standard InChI is InChI=1S/C29H33N5O/c1-5-17-30-29(35)33-19-25-21(4)31-34(24-10-7-6-8-11-24)28(25)32-18-9-12-26(32)27(33)23-15-13-22(14-16-23)20(2)3/h6-16,18,20,27H,5,17,19H2,1-4H3,(H,30,35)/t27-/m1/s1. The van der Waals surface area contributed by atoms with Gasteiger partial charge in [-0.15, -0.1) is 0 Å². The molecule has 180 valence electrons. The van der Waals surface area contributed by atoms with Crippen molar-refractivity contribution < 1.29 is 4.79 Å². The lowest BCUT2D eigenvalue weighted by Gasteiger charge is -2.31. The third-order valence-electron chi connectivity index (χ3n) is 6.79. The van der Waals surface area contributed by atoms with Gasteiger partial charge in [-0.1, -0.05) is 63.2 Å². The predicted molar refractivity (Wildman–Crippen MR) is 139 cm³/mol. The fraction of sp³-hybridized carbons (Fsp3) is 0.310. The van der Waals surface area contributed by atoms with Gasteiger partial charge in [-0.3, -0.25) is 0 Å². The van der Waals surface area contributed by atoms with E-state index < -0.39 is 0 Å². The minimum atomic E-state index is -0.223. The Balaban J connectivity index is 1.70. The fourth-order valence-corrected chi connectivity index (χ4v) is 4.90. The first kappa shape index (κ1) is 23.0. The zero-order valence-corrected chi connectivity index (χ0v) is 20.9. The Morgan fingerprint density at radius 3 is 2.49 bits per heavy atom. The maximum absolute atomic E-state index is 13.6. The molecular formula is C29H33N5O. The van der Waals surface area contributed by atoms with Gasteiger partial charge in [0.1, 0.15) is 5.82 Å². The normalized spacial score (nSPS) is 15.0. The van der Waals surface area contributed by atoms with E-state index in [9.17, 15) is 4.79 Å². The van der Waals surface area contributed by atoms with E-state index in [1.807, 2.05) is 34.7 Å². The molecule has 1 atom stereocenters. The van der Waals surface area contributed by atoms with Gasteiger partial charge < -0.3 is 14.8 Å². The zero-order valence-electron chi connectivity index (χ0n) is 20.9. The van der Waals surface area contributed by atoms with Crippen molar-refractivity contribution in [1.82, 2.24) is 24.6 Å². The summed E-state index contributed by atoms with van der Waals surface area (Å²) >= 11 is 0. The summed E-state index contributed by atoms with van der Waals surface area (Å²) in [7, 11) is 0. The number of aryl methyl sites for hydroxylation is 1. The number of carbonyl (C=O) groups is 1. The van der Waals surface area contributed by atoms with Crippen LogP contribution in [0.1, 0.15) is 67.2 Å². The van der Waals surface area contributed by atoms with Crippen LogP contribution in [0.3, 0.4) is 0 Å². The van der Waals surface area contributed by atoms with E-state index in [0.29, 0.717) is 19.0 Å². The molecule has 5 rings (SSSR count). The van der Waals surface area contributed by atoms with Crippen LogP contribution >= 0.6 is 0 Å². The van der Waals surface area contributed by atoms with Gasteiger partial charge in [-0.05, 0) is 54.7 Å². The van der Waals surface area contributed by atoms with Gasteiger partial charge in [0.15, 0.2) is 0 Å². The van der Waals surface area contributed by atoms with Crippen LogP contribution in [0.2, 0.25) is 0 Å². The fourth-order valence-electron chi connectivity index (χ4n) is 4.90. The summed E-state index contributed by atoms with van der Waals surface area (Å²) in [5, 5.41) is 8.03. The van der Waals surface area contributed by atoms with Crippen LogP contribution < -0.4 is 5.32 Å². The highest BCUT2D eigenvalue weighted by molar-refractivity contribution is 5.76. The molecule has 0 radical (unpaired) electrons. The van der Waals surface area contributed by atoms with E-state index in [0.717, 1.165) is 40.4 Å². The summed E-state index contributed by atoms with van der Waals surface area (Å²) < 4.78 is 4.21. The molecule has 6 heteroatoms. The molecular weight excluding hydrogens is 434 g/mol. The quantitative estimate of drug-likeness (QED) is 0.384. The summed E-state index contributed by atoms with van der Waals surface area (Å²) in [6, 6.07) is 22.8. The molecule has 2 aromatic heterocycles. The predicted octanol–water partition coefficient (Wildman–Crippen LogP) is 6.12. The molecule has 6 nitrogen and oxygen atoms in total. The third kappa shape index (κ3) is 4.14. The highest BCUT2D eigenvalue weighted by Crippen LogP contribution is 2.38. The largest absolute Gasteiger partial charge is 0.338 e. The van der Waals surface area contributed by atoms with Crippen molar-refractivity contribution in [1.29, 1.82) is 0 Å². The van der Waals surface area contributed by atoms with Crippen molar-refractivity contribution in [3.8, 4) is 11.5 Å². The van der Waals surface area contributed by atoms with Gasteiger partial charge >= 0.3 is 6.03 Å². The Bertz CT molecular complexity index is 1320. The average molecular weight is 468 g/mol. The first-order valence-electron chi connectivity index (χ1n) is 12.5. The monoisotopic (exact) mass is 467 g/mol. The van der Waals surface area contributed by atoms with E-state index in [2.05, 4.69) is 85.4 Å². The van der Waals surface area contributed by atoms with Crippen LogP contribution in [0.5, 0.6) is 0 Å². The Morgan fingerprint density at radius 2 is 1.80 bits per heavy atom. The number of nitrogens with one attached hydrogen (secondary N) is 1. The molecule has 0 spiro atoms. The number of rotatable bonds is 5. The van der Waals surface area contributed by atoms with E-state index in [-0.39, 0.29) is 12.1 Å². The van der Waals surface area contributed by atoms with Crippen molar-refractivity contribution in [3.05, 3.63) is 101 Å². The van der Waals surface area contributed by atoms with Crippen LogP contribution in [0.25, 0.3) is 11.5 Å². The van der Waals surface area contributed by atoms with Gasteiger partial charge in [0.05, 0.1) is 29.7 Å². The van der Waals surface area contributed by atoms with Gasteiger partial charge in [-0.2, -0.15) is 5.10 Å². The van der Waals surface area contributed by atoms with Crippen LogP contribution in [0.15, 0.2) is 72.9 Å². The SMILES string of the molecule is CCCNC(=O)N1Cc2c(C)nn(-c3ccccc3)c2-n2cccc2[C@H]1c1ccc(C(C)C)cc1. The minimum absolute atomic E-state index is 0.0581. The molecule has 1 aliphatic rings. The molecule has 0 bridgehead atoms. The maximum atomic E-state index is 13.6. The number of amides is 2. The molecule has 1 N–H and O–H groups in total. The van der Waals surface area contributed by atoms with Crippen molar-refractivity contribution in [2.24, 2.45) is 0 Å². The zero-order chi connectivity index (χ0) is 24.5. The van der Waals surface area contributed by atoms with E-state index in [4.69, 9.17) is 5.10 Å². The molecule has 35 heavy (non-hydrogen) atoms. The number of para-hydroxylation sites is 1. The number of aromatic nitrogens is 3. The molecule has 0 unspecified atom stereocenters. The summed E-state index contributed by atoms with van der Waals surface area (Å²) in [5.74, 6) is 1.44. The van der Waals surface area contributed by atoms with Crippen LogP contribution in [0.4, 0.5) is 4.79 Å². The van der Waals surface area contributed by atoms with Crippen LogP contribution in [0, 0.1) is 6.92 Å². The van der Waals surface area contributed by atoms with E-state index in [1.54, 1.807) is 0 Å². The van der Waals surface area contributed by atoms with Crippen LogP contribution in [-0.4, -0.2) is 31.8 Å². The van der Waals surface area contributed by atoms with Crippen molar-refractivity contribution >= 4 is 6.03 Å². The van der Waals surface area contributed by atoms with Gasteiger partial charge in [0.25, 0.3) is 0 Å². The lowest BCUT2D eigenvalue weighted by Crippen LogP contribution is -2.42. The first-order chi connectivity index (χ1) is 17.0. The van der Waals surface area contributed by atoms with Crippen molar-refractivity contribution in [2.45, 2.75) is 52.6 Å². The Hall–Kier alpha value is -3.80. The molecule has 3 heterocycles. The molecule has 2 amide bonds. The molecule has 0 saturated carbocycles. The number of urea groups is 1. The van der Waals surface area contributed by atoms with Crippen molar-refractivity contribution in [3.63, 3.8) is 0 Å². The minimum Gasteiger partial charge on any atom is -0.338 e. The van der Waals surface area contributed by atoms with Gasteiger partial charge in [0.2, 0.25) is 0 Å². The molecule has 0 fully saturated rings. The van der Waals surface area contributed by atoms with E-state index in [1.165, 1.54) is 5.56 Å². The smallest absolute Gasteiger partial charge is 0.318 e. The first-order valence-corrected chi connectivity index (χ1v) is 12.5. The molecule has 2 aromatic carbocycles. The number of nitrogens with zero attached hydrogens (tertiary/aromatic N) is 4. The summed E-state index contributed by atoms with van der Waals surface area (Å²) in [6.45, 7) is 9.62. The van der Waals surface area contributed by atoms with Gasteiger partial charge in [-0.25, -0.2) is 9.48 Å². The second-order valence-corrected chi connectivity index (χ2v) is 9.52. The summed E-state index contributed by atoms with van der Waals surface area (Å²) in [5.41, 5.74) is 6.41. The summed E-state index contributed by atoms with van der Waals surface area (Å²) in [4.78, 5) is 15.5. The second-order valence-electron chi connectivity index (χ2n) is 9.52. The number of benzene rings is 2. The third-order valence-corrected chi connectivity index (χ3v) is 6.79. The molecule has 4 aromatic rings. The van der Waals surface area contributed by atoms with Crippen molar-refractivity contribution in [2.75, 3.05) is 6.54 Å². The number of carbonyl (C=O) groups excluding carboxylic acids is 1. The Kier molecular flexibility index (Phi) is 6.20. The van der Waals surface area contributed by atoms with Crippen LogP contribution in [-0.2, 0) is 6.54 Å². The molecule has 1 aliphatic heterocycles. The van der Waals surface area contributed by atoms with Gasteiger partial charge in [0, 0.05) is 18.3 Å². The average Bonchev–Trinajstić information content (AvgIpc) is 3.43. The number of fused-ring (bicyclic) bond motifs is 3. The summed E-state index contributed by atoms with van der Waals surface area (Å²) in [6.07, 6.45) is 2.97. The number of hydrogen-bond donors (Lipinski definition) is 1. The number of hydrogen-bond acceptors (Lipinski definition) is 2. The second kappa shape index (κ2) is 9.45. The molecule has 0 aliphatic carbocycles. The van der Waals surface area contributed by atoms with E-state index >= 15 is 0 Å². The topological polar surface area (TPSA) is 55.1 Å². The highest BCUT2D eigenvalue weighted by atomic mass is 16.2. The lowest BCUT2D eigenvalue weighted by molar-refractivity contribution is 0.180. The maximum Gasteiger partial charge on any atom is 0.318 e.